The van der Waals surface area contributed by atoms with Gasteiger partial charge in [-0.15, -0.1) is 11.3 Å². The highest BCUT2D eigenvalue weighted by atomic mass is 35.5. The van der Waals surface area contributed by atoms with Crippen LogP contribution in [-0.2, 0) is 24.2 Å². The molecule has 154 valence electrons. The van der Waals surface area contributed by atoms with Crippen LogP contribution in [-0.4, -0.2) is 21.5 Å². The number of rotatable bonds is 5. The van der Waals surface area contributed by atoms with Gasteiger partial charge in [0.25, 0.3) is 5.56 Å². The summed E-state index contributed by atoms with van der Waals surface area (Å²) in [5, 5.41) is 7.01. The lowest BCUT2D eigenvalue weighted by molar-refractivity contribution is -0.117. The maximum atomic E-state index is 13.2. The normalized spacial score (nSPS) is 13.0. The number of amides is 1. The minimum Gasteiger partial charge on any atom is -0.315 e. The minimum atomic E-state index is -0.648. The number of hydrogen-bond donors (Lipinski definition) is 1. The van der Waals surface area contributed by atoms with Crippen molar-refractivity contribution in [1.82, 2.24) is 9.78 Å². The Hall–Kier alpha value is -2.48. The van der Waals surface area contributed by atoms with Crippen molar-refractivity contribution in [3.05, 3.63) is 78.5 Å². The quantitative estimate of drug-likeness (QED) is 0.572. The highest BCUT2D eigenvalue weighted by molar-refractivity contribution is 7.17. The predicted molar refractivity (Wildman–Crippen MR) is 118 cm³/mol. The summed E-state index contributed by atoms with van der Waals surface area (Å²) >= 11 is 13.1. The number of aryl methyl sites for hydroxylation is 1. The lowest BCUT2D eigenvalue weighted by atomic mass is 9.92. The van der Waals surface area contributed by atoms with Crippen molar-refractivity contribution >= 4 is 51.2 Å². The maximum absolute atomic E-state index is 13.2. The molecule has 0 fully saturated rings. The number of nitrogens with one attached hydrogen (secondary N) is 1. The smallest absolute Gasteiger partial charge is 0.287 e. The Morgan fingerprint density at radius 1 is 1.13 bits per heavy atom. The highest BCUT2D eigenvalue weighted by Crippen LogP contribution is 2.39. The second kappa shape index (κ2) is 8.71. The largest absolute Gasteiger partial charge is 0.315 e. The van der Waals surface area contributed by atoms with E-state index in [1.54, 1.807) is 12.1 Å². The van der Waals surface area contributed by atoms with Crippen molar-refractivity contribution in [2.75, 3.05) is 5.32 Å². The molecular weight excluding hydrogens is 445 g/mol. The zero-order valence-corrected chi connectivity index (χ0v) is 18.1. The van der Waals surface area contributed by atoms with Crippen molar-refractivity contribution in [3.8, 4) is 0 Å². The molecule has 2 aromatic heterocycles. The number of halogens is 2. The van der Waals surface area contributed by atoms with Gasteiger partial charge in [-0.05, 0) is 31.2 Å². The molecule has 0 atom stereocenters. The summed E-state index contributed by atoms with van der Waals surface area (Å²) in [7, 11) is 0. The van der Waals surface area contributed by atoms with Crippen LogP contribution in [0.15, 0.2) is 41.3 Å². The van der Waals surface area contributed by atoms with Crippen LogP contribution in [0.5, 0.6) is 0 Å². The highest BCUT2D eigenvalue weighted by Gasteiger charge is 2.27. The van der Waals surface area contributed by atoms with Crippen LogP contribution >= 0.6 is 34.5 Å². The molecular formula is C21H17Cl2N3O3S. The number of anilines is 1. The van der Waals surface area contributed by atoms with E-state index in [-0.39, 0.29) is 22.4 Å². The third kappa shape index (κ3) is 4.05. The Morgan fingerprint density at radius 3 is 2.63 bits per heavy atom. The number of fused-ring (bicyclic) bond motifs is 1. The molecule has 30 heavy (non-hydrogen) atoms. The van der Waals surface area contributed by atoms with E-state index in [2.05, 4.69) is 10.4 Å². The van der Waals surface area contributed by atoms with Crippen molar-refractivity contribution in [1.29, 1.82) is 0 Å². The van der Waals surface area contributed by atoms with Crippen LogP contribution in [0.3, 0.4) is 0 Å². The summed E-state index contributed by atoms with van der Waals surface area (Å²) in [6.07, 6.45) is 4.98. The molecule has 4 rings (SSSR count). The van der Waals surface area contributed by atoms with E-state index in [4.69, 9.17) is 23.2 Å². The minimum absolute atomic E-state index is 0.0278. The molecule has 2 heterocycles. The second-order valence-electron chi connectivity index (χ2n) is 6.93. The summed E-state index contributed by atoms with van der Waals surface area (Å²) in [5.41, 5.74) is 1.48. The van der Waals surface area contributed by atoms with E-state index in [1.807, 2.05) is 18.2 Å². The lowest BCUT2D eigenvalue weighted by Gasteiger charge is -2.13. The number of carbonyl (C=O) groups excluding carboxylic acids is 2. The maximum Gasteiger partial charge on any atom is 0.287 e. The van der Waals surface area contributed by atoms with Crippen molar-refractivity contribution in [2.45, 2.75) is 32.2 Å². The molecule has 9 heteroatoms. The molecule has 0 bridgehead atoms. The molecule has 0 aliphatic heterocycles. The first-order valence-electron chi connectivity index (χ1n) is 9.41. The van der Waals surface area contributed by atoms with Crippen molar-refractivity contribution in [3.63, 3.8) is 0 Å². The van der Waals surface area contributed by atoms with Crippen LogP contribution in [0.4, 0.5) is 5.00 Å². The number of aromatic nitrogens is 2. The van der Waals surface area contributed by atoms with Gasteiger partial charge in [0.05, 0.1) is 16.8 Å². The van der Waals surface area contributed by atoms with Gasteiger partial charge in [-0.2, -0.15) is 5.10 Å². The van der Waals surface area contributed by atoms with Crippen LogP contribution in [0.2, 0.25) is 10.0 Å². The van der Waals surface area contributed by atoms with Gasteiger partial charge < -0.3 is 5.32 Å². The summed E-state index contributed by atoms with van der Waals surface area (Å²) in [6.45, 7) is -0.336. The Labute approximate surface area is 186 Å². The van der Waals surface area contributed by atoms with Gasteiger partial charge in [-0.3, -0.25) is 14.4 Å². The number of thiophene rings is 1. The topological polar surface area (TPSA) is 81.1 Å². The number of nitrogens with zero attached hydrogens (tertiary/aromatic N) is 2. The van der Waals surface area contributed by atoms with Crippen molar-refractivity contribution in [2.24, 2.45) is 0 Å². The molecule has 6 nitrogen and oxygen atoms in total. The molecule has 0 spiro atoms. The zero-order valence-electron chi connectivity index (χ0n) is 15.8. The summed E-state index contributed by atoms with van der Waals surface area (Å²) in [5.74, 6) is -0.584. The van der Waals surface area contributed by atoms with Crippen LogP contribution in [0.1, 0.15) is 39.2 Å². The number of ketones is 1. The standard InChI is InChI=1S/C21H17Cl2N3O3S/c22-14-10-24-26(21(29)18(14)23)11-16(27)25-20-17(13-8-4-5-9-15(13)30-20)19(28)12-6-2-1-3-7-12/h1-3,6-7,10H,4-5,8-9,11H2,(H,25,27). The van der Waals surface area contributed by atoms with E-state index in [1.165, 1.54) is 17.5 Å². The first-order valence-corrected chi connectivity index (χ1v) is 11.0. The number of benzene rings is 1. The zero-order chi connectivity index (χ0) is 21.3. The van der Waals surface area contributed by atoms with E-state index in [0.717, 1.165) is 40.8 Å². The van der Waals surface area contributed by atoms with Crippen molar-refractivity contribution < 1.29 is 9.59 Å². The average molecular weight is 462 g/mol. The molecule has 1 aliphatic carbocycles. The third-order valence-electron chi connectivity index (χ3n) is 4.92. The van der Waals surface area contributed by atoms with Crippen LogP contribution in [0.25, 0.3) is 0 Å². The number of hydrogen-bond acceptors (Lipinski definition) is 5. The molecule has 0 radical (unpaired) electrons. The summed E-state index contributed by atoms with van der Waals surface area (Å²) in [4.78, 5) is 39.2. The number of carbonyl (C=O) groups is 2. The van der Waals surface area contributed by atoms with E-state index >= 15 is 0 Å². The molecule has 3 aromatic rings. The molecule has 1 N–H and O–H groups in total. The SMILES string of the molecule is O=C(Cn1ncc(Cl)c(Cl)c1=O)Nc1sc2c(c1C(=O)c1ccccc1)CCCC2. The predicted octanol–water partition coefficient (Wildman–Crippen LogP) is 4.36. The monoisotopic (exact) mass is 461 g/mol. The third-order valence-corrected chi connectivity index (χ3v) is 6.88. The average Bonchev–Trinajstić information content (AvgIpc) is 3.12. The fourth-order valence-corrected chi connectivity index (χ4v) is 5.06. The Bertz CT molecular complexity index is 1190. The molecule has 1 aromatic carbocycles. The fourth-order valence-electron chi connectivity index (χ4n) is 3.49. The van der Waals surface area contributed by atoms with Gasteiger partial charge in [0.1, 0.15) is 16.6 Å². The van der Waals surface area contributed by atoms with Gasteiger partial charge >= 0.3 is 0 Å². The van der Waals surface area contributed by atoms with E-state index in [0.29, 0.717) is 16.1 Å². The van der Waals surface area contributed by atoms with E-state index < -0.39 is 11.5 Å². The fraction of sp³-hybridized carbons (Fsp3) is 0.238. The molecule has 1 aliphatic rings. The Kier molecular flexibility index (Phi) is 6.04. The Balaban J connectivity index is 1.65. The Morgan fingerprint density at radius 2 is 1.87 bits per heavy atom. The van der Waals surface area contributed by atoms with E-state index in [9.17, 15) is 14.4 Å². The second-order valence-corrected chi connectivity index (χ2v) is 8.82. The van der Waals surface area contributed by atoms with Gasteiger partial charge in [0.15, 0.2) is 5.78 Å². The van der Waals surface area contributed by atoms with Crippen LogP contribution < -0.4 is 10.9 Å². The molecule has 0 saturated heterocycles. The van der Waals surface area contributed by atoms with Gasteiger partial charge in [-0.1, -0.05) is 53.5 Å². The van der Waals surface area contributed by atoms with Gasteiger partial charge in [0, 0.05) is 10.4 Å². The first kappa shape index (κ1) is 20.8. The first-order chi connectivity index (χ1) is 14.5. The summed E-state index contributed by atoms with van der Waals surface area (Å²) < 4.78 is 0.940. The lowest BCUT2D eigenvalue weighted by Crippen LogP contribution is -2.30. The summed E-state index contributed by atoms with van der Waals surface area (Å²) in [6, 6.07) is 9.00. The van der Waals surface area contributed by atoms with Gasteiger partial charge in [-0.25, -0.2) is 4.68 Å². The van der Waals surface area contributed by atoms with Crippen LogP contribution in [0, 0.1) is 0 Å². The molecule has 0 unspecified atom stereocenters. The molecule has 0 saturated carbocycles. The molecule has 1 amide bonds. The van der Waals surface area contributed by atoms with Gasteiger partial charge in [0.2, 0.25) is 5.91 Å².